The summed E-state index contributed by atoms with van der Waals surface area (Å²) in [5, 5.41) is 10.8. The van der Waals surface area contributed by atoms with E-state index in [9.17, 15) is 0 Å². The molecule has 23 heavy (non-hydrogen) atoms. The molecule has 1 aliphatic heterocycles. The van der Waals surface area contributed by atoms with Gasteiger partial charge in [-0.25, -0.2) is 4.98 Å². The summed E-state index contributed by atoms with van der Waals surface area (Å²) in [6.45, 7) is 1.65. The number of hydrogen-bond donors (Lipinski definition) is 1. The van der Waals surface area contributed by atoms with Crippen LogP contribution in [0.3, 0.4) is 0 Å². The molecule has 0 unspecified atom stereocenters. The number of anilines is 1. The highest BCUT2D eigenvalue weighted by Gasteiger charge is 2.19. The molecule has 0 bridgehead atoms. The van der Waals surface area contributed by atoms with E-state index in [0.717, 1.165) is 42.2 Å². The van der Waals surface area contributed by atoms with Crippen LogP contribution in [0.2, 0.25) is 0 Å². The fourth-order valence-corrected chi connectivity index (χ4v) is 3.63. The number of hydrogen-bond acceptors (Lipinski definition) is 7. The summed E-state index contributed by atoms with van der Waals surface area (Å²) in [5.41, 5.74) is 8.54. The molecule has 0 amide bonds. The zero-order chi connectivity index (χ0) is 15.6. The Bertz CT molecular complexity index is 808. The van der Waals surface area contributed by atoms with E-state index in [1.807, 2.05) is 24.3 Å². The van der Waals surface area contributed by atoms with Crippen LogP contribution in [-0.2, 0) is 4.74 Å². The maximum Gasteiger partial charge on any atom is 0.313 e. The Morgan fingerprint density at radius 2 is 1.96 bits per heavy atom. The van der Waals surface area contributed by atoms with Crippen LogP contribution >= 0.6 is 11.3 Å². The Balaban J connectivity index is 1.62. The molecule has 3 heterocycles. The number of nitrogens with two attached hydrogens (primary N) is 1. The molecule has 2 aromatic heterocycles. The van der Waals surface area contributed by atoms with Gasteiger partial charge in [0.1, 0.15) is 5.01 Å². The highest BCUT2D eigenvalue weighted by Crippen LogP contribution is 2.33. The van der Waals surface area contributed by atoms with E-state index in [-0.39, 0.29) is 6.01 Å². The van der Waals surface area contributed by atoms with Crippen LogP contribution in [0.25, 0.3) is 22.0 Å². The normalized spacial score (nSPS) is 15.8. The first kappa shape index (κ1) is 14.3. The van der Waals surface area contributed by atoms with Crippen molar-refractivity contribution in [3.8, 4) is 22.0 Å². The fourth-order valence-electron chi connectivity index (χ4n) is 2.74. The Hall–Kier alpha value is -2.25. The molecule has 1 aliphatic rings. The van der Waals surface area contributed by atoms with E-state index in [1.165, 1.54) is 5.69 Å². The van der Waals surface area contributed by atoms with Crippen LogP contribution in [0.15, 0.2) is 34.1 Å². The molecule has 0 saturated carbocycles. The largest absolute Gasteiger partial charge is 0.404 e. The van der Waals surface area contributed by atoms with E-state index >= 15 is 0 Å². The Morgan fingerprint density at radius 3 is 2.74 bits per heavy atom. The van der Waals surface area contributed by atoms with Crippen molar-refractivity contribution < 1.29 is 9.15 Å². The van der Waals surface area contributed by atoms with Crippen molar-refractivity contribution in [1.82, 2.24) is 15.2 Å². The van der Waals surface area contributed by atoms with Crippen LogP contribution < -0.4 is 5.73 Å². The number of nitrogen functional groups attached to an aromatic ring is 1. The minimum atomic E-state index is 0.0708. The van der Waals surface area contributed by atoms with Crippen molar-refractivity contribution in [2.75, 3.05) is 18.9 Å². The average molecular weight is 328 g/mol. The standard InChI is InChI=1S/C16H16N4O2S/c17-16-20-19-14(22-16)11-2-1-3-12(8-11)15-18-13(9-23-15)10-4-6-21-7-5-10/h1-3,8-10H,4-7H2,(H2,17,20). The number of thiazole rings is 1. The van der Waals surface area contributed by atoms with Gasteiger partial charge < -0.3 is 14.9 Å². The third-order valence-corrected chi connectivity index (χ3v) is 4.87. The summed E-state index contributed by atoms with van der Waals surface area (Å²) in [7, 11) is 0. The first-order valence-electron chi connectivity index (χ1n) is 7.52. The molecule has 1 fully saturated rings. The summed E-state index contributed by atoms with van der Waals surface area (Å²) in [4.78, 5) is 4.82. The lowest BCUT2D eigenvalue weighted by Crippen LogP contribution is -2.14. The zero-order valence-electron chi connectivity index (χ0n) is 12.4. The summed E-state index contributed by atoms with van der Waals surface area (Å²) in [5.74, 6) is 0.929. The van der Waals surface area contributed by atoms with E-state index in [1.54, 1.807) is 11.3 Å². The summed E-state index contributed by atoms with van der Waals surface area (Å²) < 4.78 is 10.7. The quantitative estimate of drug-likeness (QED) is 0.793. The molecule has 118 valence electrons. The lowest BCUT2D eigenvalue weighted by Gasteiger charge is -2.19. The molecule has 6 nitrogen and oxygen atoms in total. The van der Waals surface area contributed by atoms with E-state index in [4.69, 9.17) is 19.9 Å². The number of rotatable bonds is 3. The van der Waals surface area contributed by atoms with Crippen LogP contribution in [-0.4, -0.2) is 28.4 Å². The molecule has 4 rings (SSSR count). The topological polar surface area (TPSA) is 87.1 Å². The SMILES string of the molecule is Nc1nnc(-c2cccc(-c3nc(C4CCOCC4)cs3)c2)o1. The van der Waals surface area contributed by atoms with Gasteiger partial charge in [-0.1, -0.05) is 17.2 Å². The molecule has 7 heteroatoms. The monoisotopic (exact) mass is 328 g/mol. The number of benzene rings is 1. The molecule has 0 spiro atoms. The zero-order valence-corrected chi connectivity index (χ0v) is 13.3. The van der Waals surface area contributed by atoms with E-state index in [0.29, 0.717) is 11.8 Å². The van der Waals surface area contributed by atoms with Crippen molar-refractivity contribution in [2.45, 2.75) is 18.8 Å². The van der Waals surface area contributed by atoms with Gasteiger partial charge in [0.15, 0.2) is 0 Å². The third-order valence-electron chi connectivity index (χ3n) is 3.96. The molecular formula is C16H16N4O2S. The van der Waals surface area contributed by atoms with Crippen LogP contribution in [0.5, 0.6) is 0 Å². The highest BCUT2D eigenvalue weighted by atomic mass is 32.1. The van der Waals surface area contributed by atoms with Crippen LogP contribution in [0, 0.1) is 0 Å². The van der Waals surface area contributed by atoms with Crippen molar-refractivity contribution in [1.29, 1.82) is 0 Å². The van der Waals surface area contributed by atoms with Crippen LogP contribution in [0.4, 0.5) is 6.01 Å². The summed E-state index contributed by atoms with van der Waals surface area (Å²) in [6, 6.07) is 7.99. The molecule has 0 radical (unpaired) electrons. The maximum absolute atomic E-state index is 5.49. The minimum Gasteiger partial charge on any atom is -0.404 e. The number of ether oxygens (including phenoxy) is 1. The van der Waals surface area contributed by atoms with Crippen molar-refractivity contribution in [3.05, 3.63) is 35.3 Å². The predicted octanol–water partition coefficient (Wildman–Crippen LogP) is 3.34. The lowest BCUT2D eigenvalue weighted by molar-refractivity contribution is 0.0846. The Labute approximate surface area is 137 Å². The molecule has 0 aliphatic carbocycles. The molecular weight excluding hydrogens is 312 g/mol. The summed E-state index contributed by atoms with van der Waals surface area (Å²) in [6.07, 6.45) is 2.09. The van der Waals surface area contributed by atoms with Gasteiger partial charge in [-0.3, -0.25) is 0 Å². The first-order chi connectivity index (χ1) is 11.3. The van der Waals surface area contributed by atoms with Gasteiger partial charge in [0.2, 0.25) is 5.89 Å². The number of nitrogens with zero attached hydrogens (tertiary/aromatic N) is 3. The second-order valence-electron chi connectivity index (χ2n) is 5.49. The van der Waals surface area contributed by atoms with Gasteiger partial charge in [0.25, 0.3) is 0 Å². The average Bonchev–Trinajstić information content (AvgIpc) is 3.25. The first-order valence-corrected chi connectivity index (χ1v) is 8.40. The Morgan fingerprint density at radius 1 is 1.13 bits per heavy atom. The van der Waals surface area contributed by atoms with Crippen molar-refractivity contribution in [2.24, 2.45) is 0 Å². The van der Waals surface area contributed by atoms with Gasteiger partial charge in [0.05, 0.1) is 5.69 Å². The van der Waals surface area contributed by atoms with Crippen molar-refractivity contribution >= 4 is 17.4 Å². The Kier molecular flexibility index (Phi) is 3.80. The predicted molar refractivity (Wildman–Crippen MR) is 88.0 cm³/mol. The fraction of sp³-hybridized carbons (Fsp3) is 0.312. The highest BCUT2D eigenvalue weighted by molar-refractivity contribution is 7.13. The molecule has 3 aromatic rings. The minimum absolute atomic E-state index is 0.0708. The maximum atomic E-state index is 5.49. The molecule has 1 saturated heterocycles. The smallest absolute Gasteiger partial charge is 0.313 e. The lowest BCUT2D eigenvalue weighted by atomic mass is 9.97. The van der Waals surface area contributed by atoms with E-state index in [2.05, 4.69) is 15.6 Å². The van der Waals surface area contributed by atoms with Gasteiger partial charge in [-0.2, -0.15) is 0 Å². The molecule has 0 atom stereocenters. The molecule has 1 aromatic carbocycles. The van der Waals surface area contributed by atoms with Crippen LogP contribution in [0.1, 0.15) is 24.5 Å². The van der Waals surface area contributed by atoms with Gasteiger partial charge in [-0.05, 0) is 25.0 Å². The summed E-state index contributed by atoms with van der Waals surface area (Å²) >= 11 is 1.66. The van der Waals surface area contributed by atoms with Gasteiger partial charge >= 0.3 is 6.01 Å². The van der Waals surface area contributed by atoms with Gasteiger partial charge in [-0.15, -0.1) is 16.4 Å². The second-order valence-corrected chi connectivity index (χ2v) is 6.35. The van der Waals surface area contributed by atoms with E-state index < -0.39 is 0 Å². The molecule has 2 N–H and O–H groups in total. The third kappa shape index (κ3) is 2.97. The second kappa shape index (κ2) is 6.10. The van der Waals surface area contributed by atoms with Gasteiger partial charge in [0, 0.05) is 35.6 Å². The number of aromatic nitrogens is 3. The van der Waals surface area contributed by atoms with Crippen molar-refractivity contribution in [3.63, 3.8) is 0 Å².